The van der Waals surface area contributed by atoms with Crippen LogP contribution in [0.5, 0.6) is 0 Å². The lowest BCUT2D eigenvalue weighted by Crippen LogP contribution is -3.00. The van der Waals surface area contributed by atoms with Gasteiger partial charge < -0.3 is 17.5 Å². The highest BCUT2D eigenvalue weighted by Crippen LogP contribution is 2.10. The Morgan fingerprint density at radius 2 is 1.50 bits per heavy atom. The number of pyridine rings is 1. The number of halogens is 1. The fourth-order valence-electron chi connectivity index (χ4n) is 1.67. The van der Waals surface area contributed by atoms with Gasteiger partial charge in [-0.05, 0) is 0 Å². The maximum atomic E-state index is 9.41. The van der Waals surface area contributed by atoms with Crippen LogP contribution in [-0.4, -0.2) is 11.7 Å². The first-order valence-corrected chi connectivity index (χ1v) is 5.03. The van der Waals surface area contributed by atoms with Crippen molar-refractivity contribution < 1.29 is 22.1 Å². The number of hydrogen-bond donors (Lipinski definition) is 1. The quantitative estimate of drug-likeness (QED) is 0.648. The summed E-state index contributed by atoms with van der Waals surface area (Å²) in [4.78, 5) is 0. The van der Waals surface area contributed by atoms with Crippen molar-refractivity contribution in [1.29, 1.82) is 0 Å². The Balaban J connectivity index is 0.00000128. The van der Waals surface area contributed by atoms with Gasteiger partial charge in [0.15, 0.2) is 12.4 Å². The van der Waals surface area contributed by atoms with E-state index in [1.165, 1.54) is 0 Å². The van der Waals surface area contributed by atoms with E-state index >= 15 is 0 Å². The third-order valence-corrected chi connectivity index (χ3v) is 2.46. The van der Waals surface area contributed by atoms with E-state index in [1.54, 1.807) is 0 Å². The topological polar surface area (TPSA) is 24.1 Å². The van der Waals surface area contributed by atoms with Crippen LogP contribution in [-0.2, 0) is 0 Å². The van der Waals surface area contributed by atoms with Crippen LogP contribution in [0.3, 0.4) is 0 Å². The van der Waals surface area contributed by atoms with Gasteiger partial charge in [-0.2, -0.15) is 4.57 Å². The summed E-state index contributed by atoms with van der Waals surface area (Å²) < 4.78 is 2.01. The first kappa shape index (κ1) is 12.7. The molecule has 1 atom stereocenters. The molecule has 1 aromatic carbocycles. The van der Waals surface area contributed by atoms with Crippen LogP contribution in [0.4, 0.5) is 0 Å². The second-order valence-corrected chi connectivity index (χ2v) is 3.43. The number of aliphatic hydroxyl groups excluding tert-OH is 1. The van der Waals surface area contributed by atoms with Gasteiger partial charge in [0.1, 0.15) is 6.61 Å². The Labute approximate surface area is 102 Å². The Morgan fingerprint density at radius 1 is 0.938 bits per heavy atom. The van der Waals surface area contributed by atoms with E-state index in [4.69, 9.17) is 0 Å². The maximum Gasteiger partial charge on any atom is 0.206 e. The van der Waals surface area contributed by atoms with E-state index in [1.807, 2.05) is 65.5 Å². The SMILES string of the molecule is OCC(c1ccccc1)[n+]1ccccc1.[Cl-]. The number of aromatic nitrogens is 1. The highest BCUT2D eigenvalue weighted by Gasteiger charge is 2.18. The highest BCUT2D eigenvalue weighted by atomic mass is 35.5. The van der Waals surface area contributed by atoms with Crippen LogP contribution in [0.2, 0.25) is 0 Å². The summed E-state index contributed by atoms with van der Waals surface area (Å²) in [5.41, 5.74) is 1.12. The molecular weight excluding hydrogens is 222 g/mol. The van der Waals surface area contributed by atoms with Crippen molar-refractivity contribution in [3.8, 4) is 0 Å². The maximum absolute atomic E-state index is 9.41. The molecule has 0 aliphatic heterocycles. The minimum absolute atomic E-state index is 0. The molecule has 1 aromatic heterocycles. The van der Waals surface area contributed by atoms with Gasteiger partial charge >= 0.3 is 0 Å². The molecule has 0 aliphatic rings. The van der Waals surface area contributed by atoms with E-state index in [0.717, 1.165) is 5.56 Å². The molecule has 2 nitrogen and oxygen atoms in total. The molecule has 1 unspecified atom stereocenters. The molecule has 0 radical (unpaired) electrons. The van der Waals surface area contributed by atoms with Crippen molar-refractivity contribution in [1.82, 2.24) is 0 Å². The van der Waals surface area contributed by atoms with E-state index in [0.29, 0.717) is 0 Å². The highest BCUT2D eigenvalue weighted by molar-refractivity contribution is 5.17. The zero-order valence-corrected chi connectivity index (χ0v) is 9.59. The van der Waals surface area contributed by atoms with Crippen LogP contribution in [0, 0.1) is 0 Å². The Morgan fingerprint density at radius 3 is 2.06 bits per heavy atom. The summed E-state index contributed by atoms with van der Waals surface area (Å²) in [6.45, 7) is 0.110. The normalized spacial score (nSPS) is 11.6. The fraction of sp³-hybridized carbons (Fsp3) is 0.154. The van der Waals surface area contributed by atoms with Gasteiger partial charge in [-0.1, -0.05) is 36.4 Å². The van der Waals surface area contributed by atoms with E-state index in [-0.39, 0.29) is 25.1 Å². The van der Waals surface area contributed by atoms with Crippen LogP contribution < -0.4 is 17.0 Å². The lowest BCUT2D eigenvalue weighted by molar-refractivity contribution is -0.715. The van der Waals surface area contributed by atoms with Crippen LogP contribution in [0.15, 0.2) is 60.9 Å². The Hall–Kier alpha value is -1.38. The van der Waals surface area contributed by atoms with Crippen molar-refractivity contribution >= 4 is 0 Å². The average Bonchev–Trinajstić information content (AvgIpc) is 2.33. The van der Waals surface area contributed by atoms with Gasteiger partial charge in [0.25, 0.3) is 0 Å². The lowest BCUT2D eigenvalue weighted by atomic mass is 10.1. The zero-order valence-electron chi connectivity index (χ0n) is 8.83. The number of rotatable bonds is 3. The molecule has 0 fully saturated rings. The first-order valence-electron chi connectivity index (χ1n) is 5.03. The van der Waals surface area contributed by atoms with Gasteiger partial charge in [0, 0.05) is 17.7 Å². The molecule has 0 spiro atoms. The summed E-state index contributed by atoms with van der Waals surface area (Å²) in [6.07, 6.45) is 3.93. The fourth-order valence-corrected chi connectivity index (χ4v) is 1.67. The lowest BCUT2D eigenvalue weighted by Gasteiger charge is -2.09. The van der Waals surface area contributed by atoms with Gasteiger partial charge in [0.05, 0.1) is 0 Å². The van der Waals surface area contributed by atoms with Gasteiger partial charge in [0.2, 0.25) is 6.04 Å². The second-order valence-electron chi connectivity index (χ2n) is 3.43. The standard InChI is InChI=1S/C13H14NO.ClH/c15-11-13(12-7-3-1-4-8-12)14-9-5-2-6-10-14;/h1-10,13,15H,11H2;1H/q+1;/p-1. The summed E-state index contributed by atoms with van der Waals surface area (Å²) in [7, 11) is 0. The molecule has 0 saturated heterocycles. The van der Waals surface area contributed by atoms with Crippen LogP contribution in [0.25, 0.3) is 0 Å². The largest absolute Gasteiger partial charge is 1.00 e. The molecule has 16 heavy (non-hydrogen) atoms. The third-order valence-electron chi connectivity index (χ3n) is 2.46. The molecule has 0 saturated carbocycles. The molecule has 0 amide bonds. The second kappa shape index (κ2) is 6.26. The minimum atomic E-state index is 0. The summed E-state index contributed by atoms with van der Waals surface area (Å²) in [5, 5.41) is 9.41. The first-order chi connectivity index (χ1) is 7.42. The smallest absolute Gasteiger partial charge is 0.206 e. The van der Waals surface area contributed by atoms with Crippen LogP contribution >= 0.6 is 0 Å². The number of aliphatic hydroxyl groups is 1. The molecule has 3 heteroatoms. The summed E-state index contributed by atoms with van der Waals surface area (Å²) in [6, 6.07) is 15.9. The van der Waals surface area contributed by atoms with E-state index in [2.05, 4.69) is 0 Å². The van der Waals surface area contributed by atoms with E-state index < -0.39 is 0 Å². The predicted molar refractivity (Wildman–Crippen MR) is 58.3 cm³/mol. The summed E-state index contributed by atoms with van der Waals surface area (Å²) in [5.74, 6) is 0. The molecular formula is C13H14ClNO. The molecule has 2 aromatic rings. The monoisotopic (exact) mass is 235 g/mol. The van der Waals surface area contributed by atoms with Crippen molar-refractivity contribution in [2.75, 3.05) is 6.61 Å². The Bertz CT molecular complexity index is 365. The molecule has 1 N–H and O–H groups in total. The number of nitrogens with zero attached hydrogens (tertiary/aromatic N) is 1. The average molecular weight is 236 g/mol. The number of benzene rings is 1. The zero-order chi connectivity index (χ0) is 10.5. The van der Waals surface area contributed by atoms with Crippen molar-refractivity contribution in [3.63, 3.8) is 0 Å². The van der Waals surface area contributed by atoms with E-state index in [9.17, 15) is 5.11 Å². The van der Waals surface area contributed by atoms with Gasteiger partial charge in [-0.3, -0.25) is 0 Å². The number of hydrogen-bond acceptors (Lipinski definition) is 1. The third kappa shape index (κ3) is 2.81. The van der Waals surface area contributed by atoms with Crippen molar-refractivity contribution in [3.05, 3.63) is 66.5 Å². The van der Waals surface area contributed by atoms with Crippen LogP contribution in [0.1, 0.15) is 11.6 Å². The minimum Gasteiger partial charge on any atom is -1.00 e. The Kier molecular flexibility index (Phi) is 4.96. The van der Waals surface area contributed by atoms with Gasteiger partial charge in [-0.25, -0.2) is 0 Å². The van der Waals surface area contributed by atoms with Crippen molar-refractivity contribution in [2.24, 2.45) is 0 Å². The van der Waals surface area contributed by atoms with Gasteiger partial charge in [-0.15, -0.1) is 0 Å². The molecule has 0 aliphatic carbocycles. The van der Waals surface area contributed by atoms with Crippen molar-refractivity contribution in [2.45, 2.75) is 6.04 Å². The molecule has 1 heterocycles. The molecule has 2 rings (SSSR count). The summed E-state index contributed by atoms with van der Waals surface area (Å²) >= 11 is 0. The molecule has 0 bridgehead atoms. The predicted octanol–water partition coefficient (Wildman–Crippen LogP) is -1.44. The molecule has 84 valence electrons.